The van der Waals surface area contributed by atoms with Crippen LogP contribution in [-0.2, 0) is 14.4 Å². The highest BCUT2D eigenvalue weighted by Gasteiger charge is 2.51. The van der Waals surface area contributed by atoms with Gasteiger partial charge >= 0.3 is 0 Å². The van der Waals surface area contributed by atoms with Crippen molar-refractivity contribution in [3.05, 3.63) is 210 Å². The Balaban J connectivity index is 0.000000140. The van der Waals surface area contributed by atoms with Gasteiger partial charge in [-0.05, 0) is 227 Å². The lowest BCUT2D eigenvalue weighted by Crippen LogP contribution is -2.49. The zero-order valence-electron chi connectivity index (χ0n) is 58.7. The number of rotatable bonds is 17. The van der Waals surface area contributed by atoms with Crippen LogP contribution in [0.2, 0.25) is 0 Å². The molecule has 6 aliphatic rings. The number of thiazole rings is 1. The van der Waals surface area contributed by atoms with E-state index < -0.39 is 17.7 Å². The second kappa shape index (κ2) is 30.7. The summed E-state index contributed by atoms with van der Waals surface area (Å²) < 4.78 is 21.1. The molecule has 15 rings (SSSR count). The van der Waals surface area contributed by atoms with E-state index in [0.717, 1.165) is 142 Å². The molecule has 0 atom stereocenters. The van der Waals surface area contributed by atoms with Gasteiger partial charge in [0.05, 0.1) is 22.8 Å². The molecular weight excluding hydrogens is 1340 g/mol. The van der Waals surface area contributed by atoms with Gasteiger partial charge in [0.15, 0.2) is 0 Å². The third-order valence-electron chi connectivity index (χ3n) is 21.6. The number of amides is 6. The van der Waals surface area contributed by atoms with E-state index in [0.29, 0.717) is 69.9 Å². The summed E-state index contributed by atoms with van der Waals surface area (Å²) in [5.41, 5.74) is 35.0. The van der Waals surface area contributed by atoms with Gasteiger partial charge in [-0.25, -0.2) is 14.3 Å². The highest BCUT2D eigenvalue weighted by molar-refractivity contribution is 7.14. The fourth-order valence-electron chi connectivity index (χ4n) is 15.8. The predicted octanol–water partition coefficient (Wildman–Crippen LogP) is 13.5. The molecule has 3 aliphatic carbocycles. The summed E-state index contributed by atoms with van der Waals surface area (Å²) in [6.07, 6.45) is 14.3. The second-order valence-electron chi connectivity index (χ2n) is 28.2. The SMILES string of the molecule is C=CC(=O)N1CCC2(CC1)CC(c1nc(-c3ccc(Oc4ccccc4)cc3)c(C(N)=O)s1)C2.C=CC(=O)N1CCC2(CC1)CC(n1nc(-c3ccc(Oc4ccccc4)cc3)c(C(N)=O)c1N)C2.CC#CC(=O)N1CCC2(CC1)CC(n1nc(-c3ccc(Oc4ccccc4)cc3)c(C(N)=O)c1N)C2. The van der Waals surface area contributed by atoms with E-state index in [4.69, 9.17) is 58.1 Å². The average Bonchev–Trinajstić information content (AvgIpc) is 1.75. The summed E-state index contributed by atoms with van der Waals surface area (Å²) in [7, 11) is 0. The van der Waals surface area contributed by atoms with Gasteiger partial charge in [0, 0.05) is 61.9 Å². The number of para-hydroxylation sites is 3. The zero-order valence-corrected chi connectivity index (χ0v) is 59.5. The Labute approximate surface area is 613 Å². The fourth-order valence-corrected chi connectivity index (χ4v) is 16.8. The standard InChI is InChI=1S/C28H29N5O3.C27H29N5O3.C27H27N3O3S/c1-2-6-23(34)32-15-13-28(14-16-32)17-20(18-28)33-26(29)24(27(30)35)25(31-33)19-9-11-22(12-10-19)36-21-7-4-3-5-8-21;1-2-22(33)31-14-12-27(13-15-31)16-19(17-27)32-25(28)23(26(29)34)24(30-32)18-8-10-21(11-9-18)35-20-6-4-3-5-7-20;1-2-22(31)30-14-12-27(13-15-30)16-19(17-27)26-29-23(24(34-26)25(28)32)18-8-10-21(11-9-18)33-20-6-4-3-5-7-20/h3-5,7-12,20H,13-18,29H2,1H3,(H2,30,35);2-11,19H,1,12-17,28H2,(H2,29,34);2-11,19H,1,12-17H2,(H2,28,32). The molecule has 538 valence electrons. The van der Waals surface area contributed by atoms with E-state index in [9.17, 15) is 28.8 Å². The number of anilines is 2. The first-order chi connectivity index (χ1) is 50.7. The molecule has 105 heavy (non-hydrogen) atoms. The van der Waals surface area contributed by atoms with E-state index in [1.807, 2.05) is 178 Å². The Bertz CT molecular complexity index is 4750. The average molecular weight is 1430 g/mol. The first kappa shape index (κ1) is 71.6. The number of nitrogens with two attached hydrogens (primary N) is 5. The number of aromatic nitrogens is 5. The number of primary amides is 3. The van der Waals surface area contributed by atoms with Gasteiger partial charge in [-0.1, -0.05) is 73.7 Å². The van der Waals surface area contributed by atoms with Crippen LogP contribution in [0.5, 0.6) is 34.5 Å². The van der Waals surface area contributed by atoms with Gasteiger partial charge < -0.3 is 57.6 Å². The van der Waals surface area contributed by atoms with Crippen molar-refractivity contribution in [2.45, 2.75) is 102 Å². The van der Waals surface area contributed by atoms with Crippen molar-refractivity contribution in [1.82, 2.24) is 39.2 Å². The van der Waals surface area contributed by atoms with Crippen molar-refractivity contribution < 1.29 is 43.0 Å². The van der Waals surface area contributed by atoms with Gasteiger partial charge in [-0.3, -0.25) is 28.8 Å². The summed E-state index contributed by atoms with van der Waals surface area (Å²) in [6, 6.07) is 51.1. The van der Waals surface area contributed by atoms with Crippen LogP contribution in [0, 0.1) is 28.1 Å². The quantitative estimate of drug-likeness (QED) is 0.0418. The summed E-state index contributed by atoms with van der Waals surface area (Å²) in [5.74, 6) is 8.81. The largest absolute Gasteiger partial charge is 0.457 e. The van der Waals surface area contributed by atoms with Gasteiger partial charge in [0.2, 0.25) is 11.8 Å². The maximum Gasteiger partial charge on any atom is 0.298 e. The summed E-state index contributed by atoms with van der Waals surface area (Å²) >= 11 is 1.41. The lowest BCUT2D eigenvalue weighted by molar-refractivity contribution is -0.130. The van der Waals surface area contributed by atoms with Crippen molar-refractivity contribution in [2.75, 3.05) is 50.7 Å². The van der Waals surface area contributed by atoms with E-state index in [1.54, 1.807) is 16.3 Å². The number of benzene rings is 6. The molecule has 0 radical (unpaired) electrons. The number of piperidine rings is 3. The molecular formula is C82H85N13O9S. The maximum absolute atomic E-state index is 12.3. The molecule has 0 unspecified atom stereocenters. The Morgan fingerprint density at radius 2 is 0.781 bits per heavy atom. The smallest absolute Gasteiger partial charge is 0.298 e. The van der Waals surface area contributed by atoms with Crippen LogP contribution in [0.3, 0.4) is 0 Å². The molecule has 3 saturated heterocycles. The number of hydrogen-bond acceptors (Lipinski definition) is 15. The van der Waals surface area contributed by atoms with E-state index in [2.05, 4.69) is 25.0 Å². The molecule has 6 heterocycles. The third kappa shape index (κ3) is 15.6. The topological polar surface area (TPSA) is 318 Å². The van der Waals surface area contributed by atoms with Crippen LogP contribution in [-0.4, -0.2) is 114 Å². The van der Waals surface area contributed by atoms with Crippen LogP contribution in [0.4, 0.5) is 11.6 Å². The minimum Gasteiger partial charge on any atom is -0.457 e. The molecule has 3 aromatic heterocycles. The van der Waals surface area contributed by atoms with Crippen LogP contribution < -0.4 is 42.9 Å². The normalized spacial score (nSPS) is 17.0. The highest BCUT2D eigenvalue weighted by atomic mass is 32.1. The van der Waals surface area contributed by atoms with Gasteiger partial charge in [-0.15, -0.1) is 11.3 Å². The van der Waals surface area contributed by atoms with Crippen molar-refractivity contribution in [3.8, 4) is 80.1 Å². The number of hydrogen-bond donors (Lipinski definition) is 5. The monoisotopic (exact) mass is 1430 g/mol. The van der Waals surface area contributed by atoms with Gasteiger partial charge in [0.25, 0.3) is 23.6 Å². The van der Waals surface area contributed by atoms with Crippen molar-refractivity contribution in [2.24, 2.45) is 33.4 Å². The van der Waals surface area contributed by atoms with Gasteiger partial charge in [-0.2, -0.15) is 10.2 Å². The van der Waals surface area contributed by atoms with Crippen molar-refractivity contribution >= 4 is 58.4 Å². The molecule has 10 N–H and O–H groups in total. The number of carbonyl (C=O) groups excluding carboxylic acids is 6. The molecule has 3 saturated carbocycles. The lowest BCUT2D eigenvalue weighted by atomic mass is 9.57. The molecule has 0 bridgehead atoms. The predicted molar refractivity (Wildman–Crippen MR) is 404 cm³/mol. The molecule has 22 nitrogen and oxygen atoms in total. The molecule has 3 aliphatic heterocycles. The molecule has 9 aromatic rings. The minimum atomic E-state index is -0.601. The molecule has 6 fully saturated rings. The Kier molecular flexibility index (Phi) is 20.9. The first-order valence-electron chi connectivity index (χ1n) is 35.4. The Morgan fingerprint density at radius 1 is 0.457 bits per heavy atom. The molecule has 3 spiro atoms. The van der Waals surface area contributed by atoms with Crippen molar-refractivity contribution in [1.29, 1.82) is 0 Å². The number of nitrogens with zero attached hydrogens (tertiary/aromatic N) is 8. The summed E-state index contributed by atoms with van der Waals surface area (Å²) in [5, 5.41) is 10.5. The lowest BCUT2D eigenvalue weighted by Gasteiger charge is -2.52. The Hall–Kier alpha value is -11.8. The van der Waals surface area contributed by atoms with Crippen LogP contribution >= 0.6 is 11.3 Å². The highest BCUT2D eigenvalue weighted by Crippen LogP contribution is 2.59. The third-order valence-corrected chi connectivity index (χ3v) is 22.8. The number of likely N-dealkylation sites (tertiary alicyclic amines) is 3. The van der Waals surface area contributed by atoms with Crippen LogP contribution in [0.1, 0.15) is 137 Å². The van der Waals surface area contributed by atoms with Gasteiger partial charge in [0.1, 0.15) is 73.5 Å². The molecule has 6 aromatic carbocycles. The minimum absolute atomic E-state index is 0.0111. The second-order valence-corrected chi connectivity index (χ2v) is 29.2. The maximum atomic E-state index is 12.3. The molecule has 6 amide bonds. The summed E-state index contributed by atoms with van der Waals surface area (Å²) in [4.78, 5) is 83.6. The zero-order chi connectivity index (χ0) is 73.6. The van der Waals surface area contributed by atoms with Crippen molar-refractivity contribution in [3.63, 3.8) is 0 Å². The Morgan fingerprint density at radius 3 is 1.10 bits per heavy atom. The van der Waals surface area contributed by atoms with Crippen LogP contribution in [0.15, 0.2) is 189 Å². The van der Waals surface area contributed by atoms with E-state index >= 15 is 0 Å². The first-order valence-corrected chi connectivity index (χ1v) is 36.3. The fraction of sp³-hybridized carbons (Fsp3) is 0.305. The van der Waals surface area contributed by atoms with E-state index in [-0.39, 0.29) is 57.2 Å². The number of ether oxygens (including phenoxy) is 3. The molecule has 23 heteroatoms. The number of nitrogen functional groups attached to an aromatic ring is 2. The summed E-state index contributed by atoms with van der Waals surface area (Å²) in [6.45, 7) is 13.3. The number of carbonyl (C=O) groups is 6. The van der Waals surface area contributed by atoms with Crippen LogP contribution in [0.25, 0.3) is 33.8 Å². The van der Waals surface area contributed by atoms with E-state index in [1.165, 1.54) is 23.5 Å².